The highest BCUT2D eigenvalue weighted by atomic mass is 35.5. The summed E-state index contributed by atoms with van der Waals surface area (Å²) >= 11 is 6.09. The average molecular weight is 283 g/mol. The molecule has 0 bridgehead atoms. The molecule has 102 valence electrons. The summed E-state index contributed by atoms with van der Waals surface area (Å²) < 4.78 is 0. The molecule has 0 aliphatic carbocycles. The minimum atomic E-state index is -0.980. The number of amides is 1. The fourth-order valence-electron chi connectivity index (χ4n) is 2.18. The summed E-state index contributed by atoms with van der Waals surface area (Å²) in [6.07, 6.45) is -0.198. The second-order valence-electron chi connectivity index (χ2n) is 4.47. The van der Waals surface area contributed by atoms with Crippen LogP contribution in [0.25, 0.3) is 0 Å². The van der Waals surface area contributed by atoms with E-state index in [2.05, 4.69) is 5.32 Å². The van der Waals surface area contributed by atoms with Crippen LogP contribution in [0.1, 0.15) is 12.0 Å². The largest absolute Gasteiger partial charge is 0.481 e. The molecular formula is C13H15ClN2O3. The van der Waals surface area contributed by atoms with Crippen molar-refractivity contribution in [3.63, 3.8) is 0 Å². The molecule has 1 amide bonds. The number of carboxylic acids is 1. The van der Waals surface area contributed by atoms with E-state index in [0.717, 1.165) is 5.56 Å². The van der Waals surface area contributed by atoms with Gasteiger partial charge in [0, 0.05) is 24.7 Å². The zero-order chi connectivity index (χ0) is 13.8. The lowest BCUT2D eigenvalue weighted by molar-refractivity contribution is -0.143. The van der Waals surface area contributed by atoms with Crippen molar-refractivity contribution in [3.8, 4) is 0 Å². The quantitative estimate of drug-likeness (QED) is 0.868. The molecule has 5 nitrogen and oxygen atoms in total. The van der Waals surface area contributed by atoms with Gasteiger partial charge in [0.1, 0.15) is 6.04 Å². The molecule has 1 unspecified atom stereocenters. The van der Waals surface area contributed by atoms with E-state index in [1.54, 1.807) is 6.07 Å². The molecule has 0 aromatic heterocycles. The molecule has 0 radical (unpaired) electrons. The predicted octanol–water partition coefficient (Wildman–Crippen LogP) is 1.12. The molecule has 1 aromatic rings. The third-order valence-corrected chi connectivity index (χ3v) is 3.51. The molecule has 1 aliphatic heterocycles. The number of nitrogens with one attached hydrogen (secondary N) is 1. The lowest BCUT2D eigenvalue weighted by atomic mass is 10.1. The molecule has 1 atom stereocenters. The van der Waals surface area contributed by atoms with Crippen LogP contribution >= 0.6 is 11.6 Å². The number of carboxylic acid groups (broad SMARTS) is 1. The zero-order valence-electron chi connectivity index (χ0n) is 10.3. The number of hydrogen-bond donors (Lipinski definition) is 2. The number of piperazine rings is 1. The molecule has 1 heterocycles. The Labute approximate surface area is 116 Å². The number of hydrogen-bond acceptors (Lipinski definition) is 3. The van der Waals surface area contributed by atoms with E-state index < -0.39 is 12.0 Å². The fraction of sp³-hybridized carbons (Fsp3) is 0.385. The van der Waals surface area contributed by atoms with Gasteiger partial charge in [0.25, 0.3) is 0 Å². The summed E-state index contributed by atoms with van der Waals surface area (Å²) in [5, 5.41) is 12.2. The third-order valence-electron chi connectivity index (χ3n) is 3.14. The SMILES string of the molecule is O=C(O)CC1C(=O)NCCN1Cc1ccccc1Cl. The first-order valence-electron chi connectivity index (χ1n) is 6.05. The number of benzene rings is 1. The maximum atomic E-state index is 11.8. The molecule has 0 saturated carbocycles. The first kappa shape index (κ1) is 13.8. The Bertz CT molecular complexity index is 493. The van der Waals surface area contributed by atoms with Gasteiger partial charge in [-0.2, -0.15) is 0 Å². The van der Waals surface area contributed by atoms with Crippen molar-refractivity contribution in [1.82, 2.24) is 10.2 Å². The van der Waals surface area contributed by atoms with Crippen molar-refractivity contribution < 1.29 is 14.7 Å². The van der Waals surface area contributed by atoms with Gasteiger partial charge in [-0.25, -0.2) is 0 Å². The lowest BCUT2D eigenvalue weighted by Crippen LogP contribution is -2.55. The van der Waals surface area contributed by atoms with Gasteiger partial charge in [-0.15, -0.1) is 0 Å². The number of nitrogens with zero attached hydrogens (tertiary/aromatic N) is 1. The van der Waals surface area contributed by atoms with Crippen molar-refractivity contribution in [1.29, 1.82) is 0 Å². The Morgan fingerprint density at radius 2 is 2.21 bits per heavy atom. The lowest BCUT2D eigenvalue weighted by Gasteiger charge is -2.34. The van der Waals surface area contributed by atoms with E-state index >= 15 is 0 Å². The maximum absolute atomic E-state index is 11.8. The van der Waals surface area contributed by atoms with E-state index in [1.807, 2.05) is 23.1 Å². The van der Waals surface area contributed by atoms with Gasteiger partial charge in [-0.05, 0) is 11.6 Å². The molecule has 1 aromatic carbocycles. The van der Waals surface area contributed by atoms with Crippen LogP contribution in [-0.4, -0.2) is 41.0 Å². The Balaban J connectivity index is 2.14. The van der Waals surface area contributed by atoms with E-state index in [-0.39, 0.29) is 12.3 Å². The van der Waals surface area contributed by atoms with Gasteiger partial charge < -0.3 is 10.4 Å². The Hall–Kier alpha value is -1.59. The number of halogens is 1. The van der Waals surface area contributed by atoms with Gasteiger partial charge in [-0.3, -0.25) is 14.5 Å². The van der Waals surface area contributed by atoms with Gasteiger partial charge >= 0.3 is 5.97 Å². The van der Waals surface area contributed by atoms with E-state index in [1.165, 1.54) is 0 Å². The Morgan fingerprint density at radius 1 is 1.47 bits per heavy atom. The minimum absolute atomic E-state index is 0.198. The monoisotopic (exact) mass is 282 g/mol. The van der Waals surface area contributed by atoms with Gasteiger partial charge in [0.15, 0.2) is 0 Å². The zero-order valence-corrected chi connectivity index (χ0v) is 11.1. The number of carbonyl (C=O) groups is 2. The van der Waals surface area contributed by atoms with Crippen LogP contribution in [0.5, 0.6) is 0 Å². The van der Waals surface area contributed by atoms with Crippen LogP contribution in [0.3, 0.4) is 0 Å². The molecule has 1 saturated heterocycles. The summed E-state index contributed by atoms with van der Waals surface area (Å²) in [6, 6.07) is 6.74. The highest BCUT2D eigenvalue weighted by molar-refractivity contribution is 6.31. The molecule has 1 aliphatic rings. The van der Waals surface area contributed by atoms with Crippen molar-refractivity contribution >= 4 is 23.5 Å². The molecule has 2 rings (SSSR count). The number of rotatable bonds is 4. The van der Waals surface area contributed by atoms with Gasteiger partial charge in [-0.1, -0.05) is 29.8 Å². The van der Waals surface area contributed by atoms with Gasteiger partial charge in [0.05, 0.1) is 6.42 Å². The van der Waals surface area contributed by atoms with Crippen LogP contribution in [0, 0.1) is 0 Å². The second-order valence-corrected chi connectivity index (χ2v) is 4.87. The number of carbonyl (C=O) groups excluding carboxylic acids is 1. The first-order valence-corrected chi connectivity index (χ1v) is 6.42. The van der Waals surface area contributed by atoms with Crippen LogP contribution in [-0.2, 0) is 16.1 Å². The molecule has 6 heteroatoms. The summed E-state index contributed by atoms with van der Waals surface area (Å²) in [5.74, 6) is -1.22. The predicted molar refractivity (Wildman–Crippen MR) is 70.9 cm³/mol. The summed E-state index contributed by atoms with van der Waals surface area (Å²) in [7, 11) is 0. The highest BCUT2D eigenvalue weighted by Crippen LogP contribution is 2.20. The van der Waals surface area contributed by atoms with Crippen molar-refractivity contribution in [2.24, 2.45) is 0 Å². The molecule has 2 N–H and O–H groups in total. The normalized spacial score (nSPS) is 20.1. The standard InChI is InChI=1S/C13H15ClN2O3/c14-10-4-2-1-3-9(10)8-16-6-5-15-13(19)11(16)7-12(17)18/h1-4,11H,5-8H2,(H,15,19)(H,17,18). The Morgan fingerprint density at radius 3 is 2.89 bits per heavy atom. The minimum Gasteiger partial charge on any atom is -0.481 e. The van der Waals surface area contributed by atoms with Crippen molar-refractivity contribution in [3.05, 3.63) is 34.9 Å². The smallest absolute Gasteiger partial charge is 0.305 e. The second kappa shape index (κ2) is 6.04. The average Bonchev–Trinajstić information content (AvgIpc) is 2.36. The first-order chi connectivity index (χ1) is 9.08. The van der Waals surface area contributed by atoms with Crippen LogP contribution in [0.2, 0.25) is 5.02 Å². The molecule has 1 fully saturated rings. The van der Waals surface area contributed by atoms with Crippen molar-refractivity contribution in [2.45, 2.75) is 19.0 Å². The number of aliphatic carboxylic acids is 1. The maximum Gasteiger partial charge on any atom is 0.305 e. The topological polar surface area (TPSA) is 69.6 Å². The summed E-state index contributed by atoms with van der Waals surface area (Å²) in [6.45, 7) is 1.62. The van der Waals surface area contributed by atoms with Crippen LogP contribution in [0.15, 0.2) is 24.3 Å². The highest BCUT2D eigenvalue weighted by Gasteiger charge is 2.31. The van der Waals surface area contributed by atoms with E-state index in [0.29, 0.717) is 24.7 Å². The molecule has 19 heavy (non-hydrogen) atoms. The summed E-state index contributed by atoms with van der Waals surface area (Å²) in [5.41, 5.74) is 0.897. The molecule has 0 spiro atoms. The fourth-order valence-corrected chi connectivity index (χ4v) is 2.38. The van der Waals surface area contributed by atoms with Crippen LogP contribution in [0.4, 0.5) is 0 Å². The van der Waals surface area contributed by atoms with Gasteiger partial charge in [0.2, 0.25) is 5.91 Å². The molecular weight excluding hydrogens is 268 g/mol. The van der Waals surface area contributed by atoms with E-state index in [4.69, 9.17) is 16.7 Å². The Kier molecular flexibility index (Phi) is 4.39. The van der Waals surface area contributed by atoms with Crippen LogP contribution < -0.4 is 5.32 Å². The van der Waals surface area contributed by atoms with Crippen molar-refractivity contribution in [2.75, 3.05) is 13.1 Å². The van der Waals surface area contributed by atoms with E-state index in [9.17, 15) is 9.59 Å². The summed E-state index contributed by atoms with van der Waals surface area (Å²) in [4.78, 5) is 24.5. The third kappa shape index (κ3) is 3.45.